The molecule has 33 heavy (non-hydrogen) atoms. The van der Waals surface area contributed by atoms with Crippen LogP contribution in [-0.2, 0) is 0 Å². The monoisotopic (exact) mass is 463 g/mol. The lowest BCUT2D eigenvalue weighted by atomic mass is 10.0. The minimum Gasteiger partial charge on any atom is -0.465 e. The number of fused-ring (bicyclic) bond motifs is 2. The van der Waals surface area contributed by atoms with Gasteiger partial charge in [0, 0.05) is 47.6 Å². The van der Waals surface area contributed by atoms with E-state index in [0.717, 1.165) is 27.5 Å². The van der Waals surface area contributed by atoms with E-state index >= 15 is 0 Å². The summed E-state index contributed by atoms with van der Waals surface area (Å²) < 4.78 is 0. The predicted octanol–water partition coefficient (Wildman–Crippen LogP) is 4.56. The van der Waals surface area contributed by atoms with Crippen LogP contribution in [0.15, 0.2) is 42.5 Å². The van der Waals surface area contributed by atoms with Crippen molar-refractivity contribution in [1.82, 2.24) is 25.0 Å². The number of amides is 2. The second-order valence-corrected chi connectivity index (χ2v) is 8.77. The Morgan fingerprint density at radius 2 is 1.94 bits per heavy atom. The van der Waals surface area contributed by atoms with Crippen LogP contribution in [0.4, 0.5) is 4.79 Å². The van der Waals surface area contributed by atoms with Gasteiger partial charge >= 0.3 is 6.09 Å². The molecule has 1 aliphatic rings. The van der Waals surface area contributed by atoms with Crippen molar-refractivity contribution in [2.75, 3.05) is 19.6 Å². The quantitative estimate of drug-likeness (QED) is 0.453. The fourth-order valence-corrected chi connectivity index (χ4v) is 4.64. The number of rotatable bonds is 2. The molecule has 2 aromatic heterocycles. The van der Waals surface area contributed by atoms with Gasteiger partial charge in [0.15, 0.2) is 0 Å². The average molecular weight is 464 g/mol. The van der Waals surface area contributed by atoms with E-state index < -0.39 is 6.09 Å². The molecular formula is C24H22ClN5O3. The van der Waals surface area contributed by atoms with Crippen LogP contribution < -0.4 is 0 Å². The molecular weight excluding hydrogens is 442 g/mol. The largest absolute Gasteiger partial charge is 0.465 e. The highest BCUT2D eigenvalue weighted by atomic mass is 35.5. The number of benzene rings is 2. The molecule has 168 valence electrons. The smallest absolute Gasteiger partial charge is 0.407 e. The lowest BCUT2D eigenvalue weighted by Gasteiger charge is -2.38. The number of halogens is 1. The van der Waals surface area contributed by atoms with Crippen molar-refractivity contribution >= 4 is 45.4 Å². The summed E-state index contributed by atoms with van der Waals surface area (Å²) in [6.45, 7) is 4.74. The number of carbonyl (C=O) groups excluding carboxylic acids is 1. The van der Waals surface area contributed by atoms with Gasteiger partial charge in [0.25, 0.3) is 5.91 Å². The van der Waals surface area contributed by atoms with Gasteiger partial charge in [0.2, 0.25) is 0 Å². The molecule has 2 aromatic carbocycles. The summed E-state index contributed by atoms with van der Waals surface area (Å²) in [4.78, 5) is 32.3. The fourth-order valence-electron chi connectivity index (χ4n) is 4.38. The van der Waals surface area contributed by atoms with Crippen molar-refractivity contribution in [1.29, 1.82) is 0 Å². The van der Waals surface area contributed by atoms with E-state index in [1.54, 1.807) is 24.0 Å². The summed E-state index contributed by atoms with van der Waals surface area (Å²) in [6.07, 6.45) is -0.963. The Labute approximate surface area is 194 Å². The molecule has 0 saturated carbocycles. The number of pyridine rings is 1. The van der Waals surface area contributed by atoms with Crippen LogP contribution in [0.25, 0.3) is 33.1 Å². The number of aryl methyl sites for hydroxylation is 1. The van der Waals surface area contributed by atoms with Crippen LogP contribution in [0.2, 0.25) is 5.02 Å². The number of H-pyrrole nitrogens is 1. The SMILES string of the molecule is Cc1n[nH]c2ccc(-c3cc(Cl)c4ccc(C(=O)N5CCN(C(=O)O)[C@H](C)C5)cc4n3)cc12. The number of aromatic nitrogens is 3. The highest BCUT2D eigenvalue weighted by molar-refractivity contribution is 6.35. The molecule has 1 fully saturated rings. The second kappa shape index (κ2) is 8.04. The van der Waals surface area contributed by atoms with E-state index in [1.165, 1.54) is 4.90 Å². The lowest BCUT2D eigenvalue weighted by molar-refractivity contribution is 0.0507. The minimum absolute atomic E-state index is 0.146. The van der Waals surface area contributed by atoms with Crippen LogP contribution in [0, 0.1) is 6.92 Å². The molecule has 0 radical (unpaired) electrons. The number of carbonyl (C=O) groups is 2. The third-order valence-corrected chi connectivity index (χ3v) is 6.53. The van der Waals surface area contributed by atoms with Gasteiger partial charge < -0.3 is 14.9 Å². The molecule has 0 bridgehead atoms. The first-order valence-electron chi connectivity index (χ1n) is 10.7. The Bertz CT molecular complexity index is 1420. The molecule has 1 atom stereocenters. The van der Waals surface area contributed by atoms with Crippen molar-refractivity contribution in [3.05, 3.63) is 58.7 Å². The third kappa shape index (κ3) is 3.76. The lowest BCUT2D eigenvalue weighted by Crippen LogP contribution is -2.55. The number of piperazine rings is 1. The van der Waals surface area contributed by atoms with Crippen molar-refractivity contribution in [3.63, 3.8) is 0 Å². The third-order valence-electron chi connectivity index (χ3n) is 6.22. The standard InChI is InChI=1S/C24H22ClN5O3/c1-13-12-29(7-8-30(13)24(32)33)23(31)16-3-5-17-19(25)11-21(26-22(17)10-16)15-4-6-20-18(9-15)14(2)27-28-20/h3-6,9-11,13H,7-8,12H2,1-2H3,(H,27,28)(H,32,33)/t13-/m1/s1. The molecule has 0 aliphatic carbocycles. The molecule has 0 spiro atoms. The number of aromatic amines is 1. The van der Waals surface area contributed by atoms with Crippen LogP contribution in [0.3, 0.4) is 0 Å². The molecule has 2 N–H and O–H groups in total. The fraction of sp³-hybridized carbons (Fsp3) is 0.250. The first-order chi connectivity index (χ1) is 15.8. The van der Waals surface area contributed by atoms with E-state index in [4.69, 9.17) is 16.6 Å². The molecule has 8 nitrogen and oxygen atoms in total. The van der Waals surface area contributed by atoms with Crippen LogP contribution >= 0.6 is 11.6 Å². The maximum atomic E-state index is 13.1. The molecule has 5 rings (SSSR count). The Kier molecular flexibility index (Phi) is 5.17. The summed E-state index contributed by atoms with van der Waals surface area (Å²) in [5.41, 5.74) is 4.61. The number of nitrogens with one attached hydrogen (secondary N) is 1. The highest BCUT2D eigenvalue weighted by Gasteiger charge is 2.30. The summed E-state index contributed by atoms with van der Waals surface area (Å²) in [5.74, 6) is -0.146. The van der Waals surface area contributed by atoms with Gasteiger partial charge in [-0.2, -0.15) is 5.10 Å². The van der Waals surface area contributed by atoms with Gasteiger partial charge in [-0.25, -0.2) is 9.78 Å². The normalized spacial score (nSPS) is 16.5. The highest BCUT2D eigenvalue weighted by Crippen LogP contribution is 2.31. The zero-order valence-electron chi connectivity index (χ0n) is 18.2. The van der Waals surface area contributed by atoms with E-state index in [-0.39, 0.29) is 11.9 Å². The van der Waals surface area contributed by atoms with E-state index in [9.17, 15) is 14.7 Å². The molecule has 2 amide bonds. The molecule has 1 aliphatic heterocycles. The predicted molar refractivity (Wildman–Crippen MR) is 127 cm³/mol. The maximum Gasteiger partial charge on any atom is 0.407 e. The molecule has 1 saturated heterocycles. The maximum absolute atomic E-state index is 13.1. The van der Waals surface area contributed by atoms with Gasteiger partial charge in [-0.3, -0.25) is 9.89 Å². The summed E-state index contributed by atoms with van der Waals surface area (Å²) in [5, 5.41) is 18.9. The number of hydrogen-bond acceptors (Lipinski definition) is 4. The zero-order chi connectivity index (χ0) is 23.3. The molecule has 3 heterocycles. The minimum atomic E-state index is -0.963. The Morgan fingerprint density at radius 3 is 2.70 bits per heavy atom. The summed E-state index contributed by atoms with van der Waals surface area (Å²) in [7, 11) is 0. The van der Waals surface area contributed by atoms with Gasteiger partial charge in [0.1, 0.15) is 0 Å². The topological polar surface area (TPSA) is 102 Å². The van der Waals surface area contributed by atoms with E-state index in [1.807, 2.05) is 37.3 Å². The first-order valence-corrected chi connectivity index (χ1v) is 11.0. The summed E-state index contributed by atoms with van der Waals surface area (Å²) in [6, 6.07) is 12.8. The number of hydrogen-bond donors (Lipinski definition) is 2. The molecule has 4 aromatic rings. The van der Waals surface area contributed by atoms with E-state index in [0.29, 0.717) is 41.4 Å². The van der Waals surface area contributed by atoms with E-state index in [2.05, 4.69) is 10.2 Å². The van der Waals surface area contributed by atoms with Crippen LogP contribution in [-0.4, -0.2) is 67.8 Å². The Morgan fingerprint density at radius 1 is 1.12 bits per heavy atom. The molecule has 0 unspecified atom stereocenters. The summed E-state index contributed by atoms with van der Waals surface area (Å²) >= 11 is 6.57. The van der Waals surface area contributed by atoms with Crippen LogP contribution in [0.1, 0.15) is 23.0 Å². The van der Waals surface area contributed by atoms with Gasteiger partial charge in [-0.1, -0.05) is 23.7 Å². The average Bonchev–Trinajstić information content (AvgIpc) is 3.18. The van der Waals surface area contributed by atoms with Gasteiger partial charge in [-0.05, 0) is 44.2 Å². The Balaban J connectivity index is 1.49. The van der Waals surface area contributed by atoms with Crippen molar-refractivity contribution in [2.45, 2.75) is 19.9 Å². The van der Waals surface area contributed by atoms with Crippen LogP contribution in [0.5, 0.6) is 0 Å². The molecule has 9 heteroatoms. The number of nitrogens with zero attached hydrogens (tertiary/aromatic N) is 4. The number of carboxylic acid groups (broad SMARTS) is 1. The van der Waals surface area contributed by atoms with Gasteiger partial charge in [0.05, 0.1) is 27.4 Å². The van der Waals surface area contributed by atoms with Crippen molar-refractivity contribution in [3.8, 4) is 11.3 Å². The van der Waals surface area contributed by atoms with Crippen molar-refractivity contribution in [2.24, 2.45) is 0 Å². The van der Waals surface area contributed by atoms with Crippen molar-refractivity contribution < 1.29 is 14.7 Å². The Hall–Kier alpha value is -3.65. The first kappa shape index (κ1) is 21.2. The zero-order valence-corrected chi connectivity index (χ0v) is 18.9. The van der Waals surface area contributed by atoms with Gasteiger partial charge in [-0.15, -0.1) is 0 Å². The second-order valence-electron chi connectivity index (χ2n) is 8.37.